The van der Waals surface area contributed by atoms with Gasteiger partial charge < -0.3 is 14.7 Å². The molecule has 0 aliphatic carbocycles. The summed E-state index contributed by atoms with van der Waals surface area (Å²) in [5, 5.41) is 9.24. The minimum Gasteiger partial charge on any atom is -0.480 e. The monoisotopic (exact) mass is 414 g/mol. The molecule has 1 saturated heterocycles. The first kappa shape index (κ1) is 25.5. The summed E-state index contributed by atoms with van der Waals surface area (Å²) in [4.78, 5) is 42.8. The number of carboxylic acids is 1. The van der Waals surface area contributed by atoms with E-state index in [1.165, 1.54) is 0 Å². The highest BCUT2D eigenvalue weighted by atomic mass is 16.5. The number of Topliss-reactive ketones (excluding diaryl/α,β-unsaturated/α-hetero) is 1. The zero-order chi connectivity index (χ0) is 21.9. The number of hydrogen-bond donors (Lipinski definition) is 1. The van der Waals surface area contributed by atoms with Crippen molar-refractivity contribution in [3.63, 3.8) is 0 Å². The zero-order valence-corrected chi connectivity index (χ0v) is 18.4. The zero-order valence-electron chi connectivity index (χ0n) is 18.4. The van der Waals surface area contributed by atoms with Crippen LogP contribution in [0.15, 0.2) is 0 Å². The number of nitrogens with zero attached hydrogens (tertiary/aromatic N) is 4. The summed E-state index contributed by atoms with van der Waals surface area (Å²) in [7, 11) is 0. The molecule has 9 nitrogen and oxygen atoms in total. The van der Waals surface area contributed by atoms with Crippen LogP contribution in [0.5, 0.6) is 0 Å². The number of aliphatic carboxylic acids is 1. The summed E-state index contributed by atoms with van der Waals surface area (Å²) < 4.78 is 4.97. The number of carbonyl (C=O) groups is 3. The molecule has 1 aliphatic heterocycles. The molecule has 1 aliphatic rings. The number of carboxylic acid groups (broad SMARTS) is 1. The van der Waals surface area contributed by atoms with Crippen molar-refractivity contribution in [2.75, 3.05) is 78.7 Å². The average Bonchev–Trinajstić information content (AvgIpc) is 2.64. The van der Waals surface area contributed by atoms with Crippen LogP contribution in [0.1, 0.15) is 27.7 Å². The predicted octanol–water partition coefficient (Wildman–Crippen LogP) is 0.0582. The summed E-state index contributed by atoms with van der Waals surface area (Å²) in [6, 6.07) is 0. The maximum absolute atomic E-state index is 12.6. The van der Waals surface area contributed by atoms with Gasteiger partial charge in [-0.05, 0) is 6.54 Å². The van der Waals surface area contributed by atoms with Crippen LogP contribution in [-0.4, -0.2) is 122 Å². The molecule has 29 heavy (non-hydrogen) atoms. The van der Waals surface area contributed by atoms with E-state index in [9.17, 15) is 19.5 Å². The first-order valence-corrected chi connectivity index (χ1v) is 10.4. The minimum atomic E-state index is -0.838. The van der Waals surface area contributed by atoms with E-state index in [0.29, 0.717) is 45.7 Å². The number of rotatable bonds is 8. The lowest BCUT2D eigenvalue weighted by atomic mass is 9.90. The molecule has 0 saturated carbocycles. The lowest BCUT2D eigenvalue weighted by molar-refractivity contribution is -0.139. The fourth-order valence-electron chi connectivity index (χ4n) is 3.11. The Kier molecular flexibility index (Phi) is 11.3. The van der Waals surface area contributed by atoms with Crippen molar-refractivity contribution in [2.24, 2.45) is 5.41 Å². The summed E-state index contributed by atoms with van der Waals surface area (Å²) in [6.45, 7) is 15.2. The molecule has 0 amide bonds. The Bertz CT molecular complexity index is 523. The van der Waals surface area contributed by atoms with Gasteiger partial charge in [-0.3, -0.25) is 29.1 Å². The number of hydrogen-bond acceptors (Lipinski definition) is 8. The van der Waals surface area contributed by atoms with Crippen LogP contribution < -0.4 is 0 Å². The van der Waals surface area contributed by atoms with E-state index in [0.717, 1.165) is 26.2 Å². The van der Waals surface area contributed by atoms with Gasteiger partial charge in [0.2, 0.25) is 0 Å². The Morgan fingerprint density at radius 3 is 1.72 bits per heavy atom. The molecule has 0 spiro atoms. The molecular weight excluding hydrogens is 376 g/mol. The van der Waals surface area contributed by atoms with Crippen molar-refractivity contribution in [3.8, 4) is 0 Å². The number of ether oxygens (including phenoxy) is 1. The third kappa shape index (κ3) is 10.7. The van der Waals surface area contributed by atoms with Gasteiger partial charge in [0.05, 0.1) is 13.1 Å². The molecule has 1 heterocycles. The van der Waals surface area contributed by atoms with Crippen LogP contribution in [-0.2, 0) is 19.1 Å². The Morgan fingerprint density at radius 1 is 0.862 bits per heavy atom. The molecule has 0 unspecified atom stereocenters. The van der Waals surface area contributed by atoms with Crippen molar-refractivity contribution in [1.29, 1.82) is 0 Å². The second-order valence-electron chi connectivity index (χ2n) is 8.56. The van der Waals surface area contributed by atoms with Gasteiger partial charge in [-0.2, -0.15) is 0 Å². The van der Waals surface area contributed by atoms with Gasteiger partial charge in [-0.25, -0.2) is 0 Å². The topological polar surface area (TPSA) is 93.6 Å². The van der Waals surface area contributed by atoms with Crippen LogP contribution in [0.3, 0.4) is 0 Å². The second-order valence-corrected chi connectivity index (χ2v) is 8.56. The third-order valence-electron chi connectivity index (χ3n) is 5.26. The third-order valence-corrected chi connectivity index (χ3v) is 5.26. The van der Waals surface area contributed by atoms with Gasteiger partial charge in [0.1, 0.15) is 6.73 Å². The summed E-state index contributed by atoms with van der Waals surface area (Å²) in [5.74, 6) is -0.683. The molecular formula is C20H38N4O5. The van der Waals surface area contributed by atoms with Gasteiger partial charge >= 0.3 is 5.97 Å². The molecule has 0 radical (unpaired) electrons. The molecule has 0 aromatic heterocycles. The number of ketones is 1. The fraction of sp³-hybridized carbons (Fsp3) is 0.850. The highest BCUT2D eigenvalue weighted by molar-refractivity contribution is 5.85. The van der Waals surface area contributed by atoms with Gasteiger partial charge in [-0.1, -0.05) is 27.7 Å². The molecule has 0 atom stereocenters. The average molecular weight is 415 g/mol. The SMILES string of the molecule is CCN1CCN(COC=O)CCN(CC(=O)C(C)(C)C)CCN(CC(=O)O)CC1. The lowest BCUT2D eigenvalue weighted by Crippen LogP contribution is -2.48. The van der Waals surface area contributed by atoms with E-state index in [1.54, 1.807) is 0 Å². The van der Waals surface area contributed by atoms with Gasteiger partial charge in [-0.15, -0.1) is 0 Å². The molecule has 0 bridgehead atoms. The van der Waals surface area contributed by atoms with E-state index in [-0.39, 0.29) is 19.1 Å². The Hall–Kier alpha value is -1.55. The molecule has 168 valence electrons. The van der Waals surface area contributed by atoms with Crippen LogP contribution in [0, 0.1) is 5.41 Å². The van der Waals surface area contributed by atoms with Crippen molar-refractivity contribution in [2.45, 2.75) is 27.7 Å². The highest BCUT2D eigenvalue weighted by Gasteiger charge is 2.25. The quantitative estimate of drug-likeness (QED) is 0.553. The first-order chi connectivity index (χ1) is 13.7. The van der Waals surface area contributed by atoms with Gasteiger partial charge in [0, 0.05) is 57.8 Å². The normalized spacial score (nSPS) is 19.9. The molecule has 0 aromatic rings. The predicted molar refractivity (Wildman–Crippen MR) is 111 cm³/mol. The van der Waals surface area contributed by atoms with E-state index in [2.05, 4.69) is 21.6 Å². The smallest absolute Gasteiger partial charge is 0.317 e. The molecule has 9 heteroatoms. The van der Waals surface area contributed by atoms with Gasteiger partial charge in [0.15, 0.2) is 5.78 Å². The number of carbonyl (C=O) groups excluding carboxylic acids is 2. The van der Waals surface area contributed by atoms with Crippen molar-refractivity contribution >= 4 is 18.2 Å². The minimum absolute atomic E-state index is 0.00207. The Labute approximate surface area is 174 Å². The Morgan fingerprint density at radius 2 is 1.31 bits per heavy atom. The lowest BCUT2D eigenvalue weighted by Gasteiger charge is -2.33. The van der Waals surface area contributed by atoms with Crippen LogP contribution >= 0.6 is 0 Å². The van der Waals surface area contributed by atoms with E-state index >= 15 is 0 Å². The van der Waals surface area contributed by atoms with Crippen LogP contribution in [0.2, 0.25) is 0 Å². The van der Waals surface area contributed by atoms with E-state index < -0.39 is 11.4 Å². The highest BCUT2D eigenvalue weighted by Crippen LogP contribution is 2.15. The summed E-state index contributed by atoms with van der Waals surface area (Å²) >= 11 is 0. The maximum Gasteiger partial charge on any atom is 0.317 e. The fourth-order valence-corrected chi connectivity index (χ4v) is 3.11. The Balaban J connectivity index is 2.89. The second kappa shape index (κ2) is 12.9. The largest absolute Gasteiger partial charge is 0.480 e. The maximum atomic E-state index is 12.6. The molecule has 1 rings (SSSR count). The van der Waals surface area contributed by atoms with E-state index in [1.807, 2.05) is 25.7 Å². The van der Waals surface area contributed by atoms with Gasteiger partial charge in [0.25, 0.3) is 6.47 Å². The standard InChI is InChI=1S/C20H38N4O5/c1-5-21-6-8-23(15-19(27)28)10-9-22(14-18(26)20(2,3)4)11-13-24(12-7-21)16-29-17-25/h17H,5-16H2,1-4H3,(H,27,28). The van der Waals surface area contributed by atoms with E-state index in [4.69, 9.17) is 4.74 Å². The van der Waals surface area contributed by atoms with Crippen molar-refractivity contribution < 1.29 is 24.2 Å². The van der Waals surface area contributed by atoms with Crippen molar-refractivity contribution in [3.05, 3.63) is 0 Å². The van der Waals surface area contributed by atoms with Crippen LogP contribution in [0.25, 0.3) is 0 Å². The first-order valence-electron chi connectivity index (χ1n) is 10.4. The number of likely N-dealkylation sites (N-methyl/N-ethyl adjacent to an activating group) is 1. The summed E-state index contributed by atoms with van der Waals surface area (Å²) in [6.07, 6.45) is 0. The molecule has 0 aromatic carbocycles. The summed E-state index contributed by atoms with van der Waals surface area (Å²) in [5.41, 5.74) is -0.424. The molecule has 1 N–H and O–H groups in total. The molecule has 1 fully saturated rings. The van der Waals surface area contributed by atoms with Crippen LogP contribution in [0.4, 0.5) is 0 Å². The van der Waals surface area contributed by atoms with Crippen molar-refractivity contribution in [1.82, 2.24) is 19.6 Å².